The number of carbonyl (C=O) groups excluding carboxylic acids is 2. The summed E-state index contributed by atoms with van der Waals surface area (Å²) in [7, 11) is -4.15. The highest BCUT2D eigenvalue weighted by atomic mass is 35.5. The summed E-state index contributed by atoms with van der Waals surface area (Å²) in [5.41, 5.74) is 2.19. The molecule has 0 radical (unpaired) electrons. The third-order valence-electron chi connectivity index (χ3n) is 6.26. The monoisotopic (exact) mass is 569 g/mol. The molecule has 0 bridgehead atoms. The Morgan fingerprint density at radius 2 is 1.54 bits per heavy atom. The maximum absolute atomic E-state index is 14.0. The molecule has 0 fully saturated rings. The SMILES string of the molecule is Cc1ccc(CN(C(=O)CN(c2cccc(Cl)c2C)S(=O)(=O)c2ccccc2)C(C)C(=O)NC(C)(C)C)cc1. The van der Waals surface area contributed by atoms with Gasteiger partial charge >= 0.3 is 0 Å². The third kappa shape index (κ3) is 7.61. The van der Waals surface area contributed by atoms with Gasteiger partial charge in [0, 0.05) is 17.1 Å². The largest absolute Gasteiger partial charge is 0.350 e. The molecule has 1 N–H and O–H groups in total. The Bertz CT molecular complexity index is 1420. The molecule has 0 heterocycles. The van der Waals surface area contributed by atoms with Crippen LogP contribution >= 0.6 is 11.6 Å². The molecule has 1 unspecified atom stereocenters. The number of benzene rings is 3. The molecular formula is C30H36ClN3O4S. The van der Waals surface area contributed by atoms with E-state index in [0.717, 1.165) is 15.4 Å². The standard InChI is InChI=1S/C30H36ClN3O4S/c1-21-15-17-24(18-16-21)19-33(23(3)29(36)32-30(4,5)6)28(35)20-34(27-14-10-13-26(31)22(27)2)39(37,38)25-11-8-7-9-12-25/h7-18,23H,19-20H2,1-6H3,(H,32,36). The van der Waals surface area contributed by atoms with Crippen LogP contribution in [-0.2, 0) is 26.2 Å². The minimum Gasteiger partial charge on any atom is -0.350 e. The van der Waals surface area contributed by atoms with E-state index in [9.17, 15) is 18.0 Å². The van der Waals surface area contributed by atoms with Crippen LogP contribution in [0.1, 0.15) is 44.4 Å². The van der Waals surface area contributed by atoms with E-state index in [1.807, 2.05) is 52.0 Å². The predicted molar refractivity (Wildman–Crippen MR) is 156 cm³/mol. The molecular weight excluding hydrogens is 534 g/mol. The Morgan fingerprint density at radius 3 is 2.13 bits per heavy atom. The summed E-state index contributed by atoms with van der Waals surface area (Å²) in [6, 6.07) is 19.6. The van der Waals surface area contributed by atoms with Gasteiger partial charge in [-0.25, -0.2) is 8.42 Å². The van der Waals surface area contributed by atoms with Crippen molar-refractivity contribution in [1.82, 2.24) is 10.2 Å². The summed E-state index contributed by atoms with van der Waals surface area (Å²) in [4.78, 5) is 28.6. The van der Waals surface area contributed by atoms with Crippen LogP contribution in [0.25, 0.3) is 0 Å². The first-order valence-electron chi connectivity index (χ1n) is 12.7. The lowest BCUT2D eigenvalue weighted by atomic mass is 10.1. The molecule has 39 heavy (non-hydrogen) atoms. The molecule has 9 heteroatoms. The van der Waals surface area contributed by atoms with Crippen molar-refractivity contribution in [2.45, 2.75) is 64.6 Å². The van der Waals surface area contributed by atoms with Gasteiger partial charge in [-0.1, -0.05) is 65.7 Å². The van der Waals surface area contributed by atoms with Crippen molar-refractivity contribution in [2.24, 2.45) is 0 Å². The Morgan fingerprint density at radius 1 is 0.923 bits per heavy atom. The highest BCUT2D eigenvalue weighted by Crippen LogP contribution is 2.31. The van der Waals surface area contributed by atoms with E-state index < -0.39 is 34.1 Å². The first-order valence-corrected chi connectivity index (χ1v) is 14.5. The Hall–Kier alpha value is -3.36. The molecule has 3 aromatic carbocycles. The van der Waals surface area contributed by atoms with Crippen molar-refractivity contribution in [3.05, 3.63) is 94.5 Å². The molecule has 1 atom stereocenters. The lowest BCUT2D eigenvalue weighted by molar-refractivity contribution is -0.140. The number of rotatable bonds is 9. The zero-order valence-corrected chi connectivity index (χ0v) is 24.8. The first-order chi connectivity index (χ1) is 18.2. The van der Waals surface area contributed by atoms with E-state index in [2.05, 4.69) is 5.32 Å². The second-order valence-corrected chi connectivity index (χ2v) is 12.9. The molecule has 208 valence electrons. The maximum Gasteiger partial charge on any atom is 0.264 e. The molecule has 0 aliphatic carbocycles. The lowest BCUT2D eigenvalue weighted by Gasteiger charge is -2.34. The minimum atomic E-state index is -4.15. The molecule has 0 aromatic heterocycles. The van der Waals surface area contributed by atoms with Crippen molar-refractivity contribution in [3.8, 4) is 0 Å². The molecule has 0 saturated carbocycles. The van der Waals surface area contributed by atoms with Crippen LogP contribution in [-0.4, -0.2) is 43.3 Å². The van der Waals surface area contributed by atoms with Gasteiger partial charge in [-0.15, -0.1) is 0 Å². The van der Waals surface area contributed by atoms with Crippen LogP contribution < -0.4 is 9.62 Å². The van der Waals surface area contributed by atoms with Gasteiger partial charge in [-0.2, -0.15) is 0 Å². The van der Waals surface area contributed by atoms with Crippen LogP contribution in [0.5, 0.6) is 0 Å². The zero-order valence-electron chi connectivity index (χ0n) is 23.2. The molecule has 3 aromatic rings. The van der Waals surface area contributed by atoms with Gasteiger partial charge < -0.3 is 10.2 Å². The molecule has 0 spiro atoms. The number of halogens is 1. The fourth-order valence-electron chi connectivity index (χ4n) is 4.05. The number of hydrogen-bond donors (Lipinski definition) is 1. The summed E-state index contributed by atoms with van der Waals surface area (Å²) < 4.78 is 28.8. The quantitative estimate of drug-likeness (QED) is 0.369. The smallest absolute Gasteiger partial charge is 0.264 e. The van der Waals surface area contributed by atoms with Crippen LogP contribution in [0.4, 0.5) is 5.69 Å². The third-order valence-corrected chi connectivity index (χ3v) is 8.44. The Labute approximate surface area is 236 Å². The number of sulfonamides is 1. The van der Waals surface area contributed by atoms with Gasteiger partial charge in [0.25, 0.3) is 10.0 Å². The highest BCUT2D eigenvalue weighted by Gasteiger charge is 2.34. The van der Waals surface area contributed by atoms with Crippen LogP contribution in [0, 0.1) is 13.8 Å². The predicted octanol–water partition coefficient (Wildman–Crippen LogP) is 5.48. The molecule has 0 saturated heterocycles. The first kappa shape index (κ1) is 30.2. The van der Waals surface area contributed by atoms with E-state index in [4.69, 9.17) is 11.6 Å². The Balaban J connectivity index is 2.06. The van der Waals surface area contributed by atoms with Crippen molar-refractivity contribution < 1.29 is 18.0 Å². The Kier molecular flexibility index (Phi) is 9.46. The number of nitrogens with zero attached hydrogens (tertiary/aromatic N) is 2. The minimum absolute atomic E-state index is 0.0424. The summed E-state index contributed by atoms with van der Waals surface area (Å²) in [6.07, 6.45) is 0. The number of aryl methyl sites for hydroxylation is 1. The van der Waals surface area contributed by atoms with E-state index in [-0.39, 0.29) is 17.3 Å². The normalized spacial score (nSPS) is 12.5. The molecule has 7 nitrogen and oxygen atoms in total. The molecule has 2 amide bonds. The fraction of sp³-hybridized carbons (Fsp3) is 0.333. The average Bonchev–Trinajstić information content (AvgIpc) is 2.87. The van der Waals surface area contributed by atoms with E-state index in [1.54, 1.807) is 50.2 Å². The van der Waals surface area contributed by atoms with Gasteiger partial charge in [-0.05, 0) is 76.9 Å². The fourth-order valence-corrected chi connectivity index (χ4v) is 5.71. The van der Waals surface area contributed by atoms with Gasteiger partial charge in [0.1, 0.15) is 12.6 Å². The summed E-state index contributed by atoms with van der Waals surface area (Å²) in [5, 5.41) is 3.30. The maximum atomic E-state index is 14.0. The number of amides is 2. The van der Waals surface area contributed by atoms with Crippen molar-refractivity contribution in [3.63, 3.8) is 0 Å². The van der Waals surface area contributed by atoms with E-state index in [0.29, 0.717) is 16.3 Å². The van der Waals surface area contributed by atoms with Gasteiger partial charge in [-0.3, -0.25) is 13.9 Å². The number of nitrogens with one attached hydrogen (secondary N) is 1. The van der Waals surface area contributed by atoms with Crippen molar-refractivity contribution in [1.29, 1.82) is 0 Å². The van der Waals surface area contributed by atoms with Crippen molar-refractivity contribution in [2.75, 3.05) is 10.8 Å². The number of anilines is 1. The van der Waals surface area contributed by atoms with Gasteiger partial charge in [0.2, 0.25) is 11.8 Å². The van der Waals surface area contributed by atoms with Gasteiger partial charge in [0.05, 0.1) is 10.6 Å². The second-order valence-electron chi connectivity index (χ2n) is 10.6. The van der Waals surface area contributed by atoms with Crippen molar-refractivity contribution >= 4 is 39.1 Å². The van der Waals surface area contributed by atoms with Gasteiger partial charge in [0.15, 0.2) is 0 Å². The summed E-state index contributed by atoms with van der Waals surface area (Å²) in [6.45, 7) is 10.5. The van der Waals surface area contributed by atoms with E-state index in [1.165, 1.54) is 17.0 Å². The molecule has 0 aliphatic heterocycles. The zero-order chi connectivity index (χ0) is 29.0. The average molecular weight is 570 g/mol. The number of hydrogen-bond acceptors (Lipinski definition) is 4. The topological polar surface area (TPSA) is 86.8 Å². The molecule has 3 rings (SSSR count). The summed E-state index contributed by atoms with van der Waals surface area (Å²) >= 11 is 6.36. The highest BCUT2D eigenvalue weighted by molar-refractivity contribution is 7.92. The molecule has 0 aliphatic rings. The number of carbonyl (C=O) groups is 2. The second kappa shape index (κ2) is 12.2. The van der Waals surface area contributed by atoms with Crippen LogP contribution in [0.15, 0.2) is 77.7 Å². The van der Waals surface area contributed by atoms with Crippen LogP contribution in [0.3, 0.4) is 0 Å². The van der Waals surface area contributed by atoms with Crippen LogP contribution in [0.2, 0.25) is 5.02 Å². The summed E-state index contributed by atoms with van der Waals surface area (Å²) in [5.74, 6) is -0.856. The lowest BCUT2D eigenvalue weighted by Crippen LogP contribution is -2.54. The van der Waals surface area contributed by atoms with E-state index >= 15 is 0 Å².